The maximum absolute atomic E-state index is 13.1. The van der Waals surface area contributed by atoms with Gasteiger partial charge in [-0.3, -0.25) is 9.59 Å². The van der Waals surface area contributed by atoms with Crippen LogP contribution in [-0.4, -0.2) is 29.6 Å². The molecular formula is C20H19ClF3N3O3. The third kappa shape index (κ3) is 4.96. The van der Waals surface area contributed by atoms with E-state index >= 15 is 0 Å². The molecule has 1 aliphatic heterocycles. The second-order valence-corrected chi connectivity index (χ2v) is 7.29. The van der Waals surface area contributed by atoms with Crippen LogP contribution in [0.25, 0.3) is 0 Å². The third-order valence-electron chi connectivity index (χ3n) is 4.57. The summed E-state index contributed by atoms with van der Waals surface area (Å²) in [5, 5.41) is 8.39. The molecule has 3 N–H and O–H groups in total. The zero-order chi connectivity index (χ0) is 22.1. The molecule has 0 spiro atoms. The van der Waals surface area contributed by atoms with E-state index in [1.807, 2.05) is 26.0 Å². The highest BCUT2D eigenvalue weighted by molar-refractivity contribution is 6.20. The van der Waals surface area contributed by atoms with Gasteiger partial charge in [0.1, 0.15) is 11.8 Å². The molecule has 10 heteroatoms. The Morgan fingerprint density at radius 3 is 2.40 bits per heavy atom. The standard InChI is InChI=1S/C20H19ClF3N3O3/c1-10-7-14-15(8-11(10)2)27-18(29)16(26-14)9-17(28)25-12-3-5-13(6-4-12)30-20(23,24)19(21)22/h3-8,16,19,26H,9H2,1-2H3,(H,25,28)(H,27,29)/t16-,19-/m0/s1. The van der Waals surface area contributed by atoms with Crippen LogP contribution < -0.4 is 20.7 Å². The fourth-order valence-electron chi connectivity index (χ4n) is 2.86. The lowest BCUT2D eigenvalue weighted by molar-refractivity contribution is -0.199. The molecule has 0 aliphatic carbocycles. The minimum Gasteiger partial charge on any atom is -0.429 e. The van der Waals surface area contributed by atoms with Gasteiger partial charge in [-0.2, -0.15) is 8.78 Å². The van der Waals surface area contributed by atoms with Gasteiger partial charge in [0.15, 0.2) is 0 Å². The zero-order valence-electron chi connectivity index (χ0n) is 16.1. The summed E-state index contributed by atoms with van der Waals surface area (Å²) >= 11 is 4.73. The Morgan fingerprint density at radius 1 is 1.20 bits per heavy atom. The number of rotatable bonds is 6. The van der Waals surface area contributed by atoms with Crippen molar-refractivity contribution in [2.24, 2.45) is 0 Å². The molecule has 160 valence electrons. The van der Waals surface area contributed by atoms with Gasteiger partial charge >= 0.3 is 6.11 Å². The first-order valence-electron chi connectivity index (χ1n) is 8.98. The lowest BCUT2D eigenvalue weighted by Crippen LogP contribution is -2.41. The predicted octanol–water partition coefficient (Wildman–Crippen LogP) is 4.57. The van der Waals surface area contributed by atoms with Crippen molar-refractivity contribution in [3.63, 3.8) is 0 Å². The Morgan fingerprint density at radius 2 is 1.80 bits per heavy atom. The summed E-state index contributed by atoms with van der Waals surface area (Å²) in [6, 6.07) is 7.86. The van der Waals surface area contributed by atoms with Crippen LogP contribution in [0.4, 0.5) is 30.2 Å². The van der Waals surface area contributed by atoms with Crippen molar-refractivity contribution >= 4 is 40.5 Å². The van der Waals surface area contributed by atoms with Crippen LogP contribution in [0.15, 0.2) is 36.4 Å². The van der Waals surface area contributed by atoms with E-state index in [1.54, 1.807) is 0 Å². The number of hydrogen-bond acceptors (Lipinski definition) is 4. The van der Waals surface area contributed by atoms with Gasteiger partial charge in [-0.1, -0.05) is 11.6 Å². The Bertz CT molecular complexity index is 968. The molecule has 1 heterocycles. The minimum atomic E-state index is -4.18. The first kappa shape index (κ1) is 21.8. The van der Waals surface area contributed by atoms with E-state index in [2.05, 4.69) is 20.7 Å². The summed E-state index contributed by atoms with van der Waals surface area (Å²) in [5.41, 5.74) is 0.750. The average molecular weight is 442 g/mol. The van der Waals surface area contributed by atoms with Crippen LogP contribution in [0.2, 0.25) is 0 Å². The minimum absolute atomic E-state index is 0.149. The van der Waals surface area contributed by atoms with E-state index < -0.39 is 23.7 Å². The molecule has 0 saturated carbocycles. The van der Waals surface area contributed by atoms with Gasteiger partial charge in [-0.15, -0.1) is 0 Å². The first-order valence-corrected chi connectivity index (χ1v) is 9.42. The Hall–Kier alpha value is -2.94. The molecule has 0 saturated heterocycles. The fourth-order valence-corrected chi connectivity index (χ4v) is 2.91. The number of aryl methyl sites for hydroxylation is 2. The average Bonchev–Trinajstić information content (AvgIpc) is 2.65. The van der Waals surface area contributed by atoms with Crippen LogP contribution in [0.1, 0.15) is 17.5 Å². The quantitative estimate of drug-likeness (QED) is 0.574. The molecule has 6 nitrogen and oxygen atoms in total. The Labute approximate surface area is 175 Å². The van der Waals surface area contributed by atoms with Gasteiger partial charge in [-0.05, 0) is 61.4 Å². The molecule has 1 aliphatic rings. The van der Waals surface area contributed by atoms with E-state index in [0.717, 1.165) is 28.9 Å². The molecule has 0 aromatic heterocycles. The summed E-state index contributed by atoms with van der Waals surface area (Å²) in [6.07, 6.45) is -4.33. The maximum Gasteiger partial charge on any atom is 0.444 e. The van der Waals surface area contributed by atoms with Crippen LogP contribution in [-0.2, 0) is 9.59 Å². The topological polar surface area (TPSA) is 79.5 Å². The van der Waals surface area contributed by atoms with Gasteiger partial charge < -0.3 is 20.7 Å². The lowest BCUT2D eigenvalue weighted by Gasteiger charge is -2.27. The van der Waals surface area contributed by atoms with Gasteiger partial charge in [-0.25, -0.2) is 4.39 Å². The largest absolute Gasteiger partial charge is 0.444 e. The molecular weight excluding hydrogens is 423 g/mol. The molecule has 0 bridgehead atoms. The number of fused-ring (bicyclic) bond motifs is 1. The summed E-state index contributed by atoms with van der Waals surface area (Å²) < 4.78 is 43.1. The molecule has 2 atom stereocenters. The number of halogens is 4. The second kappa shape index (κ2) is 8.43. The van der Waals surface area contributed by atoms with Crippen molar-refractivity contribution in [1.82, 2.24) is 0 Å². The maximum atomic E-state index is 13.1. The smallest absolute Gasteiger partial charge is 0.429 e. The number of hydrogen-bond donors (Lipinski definition) is 3. The highest BCUT2D eigenvalue weighted by Crippen LogP contribution is 2.31. The summed E-state index contributed by atoms with van der Waals surface area (Å²) in [7, 11) is 0. The summed E-state index contributed by atoms with van der Waals surface area (Å²) in [5.74, 6) is -1.12. The van der Waals surface area contributed by atoms with Crippen molar-refractivity contribution in [3.05, 3.63) is 47.5 Å². The van der Waals surface area contributed by atoms with E-state index in [-0.39, 0.29) is 18.1 Å². The predicted molar refractivity (Wildman–Crippen MR) is 108 cm³/mol. The van der Waals surface area contributed by atoms with Gasteiger partial charge in [0, 0.05) is 5.69 Å². The number of amides is 2. The molecule has 2 aromatic rings. The van der Waals surface area contributed by atoms with Crippen molar-refractivity contribution in [2.75, 3.05) is 16.0 Å². The summed E-state index contributed by atoms with van der Waals surface area (Å²) in [6.45, 7) is 3.88. The van der Waals surface area contributed by atoms with E-state index in [9.17, 15) is 22.8 Å². The van der Waals surface area contributed by atoms with Crippen LogP contribution >= 0.6 is 11.6 Å². The van der Waals surface area contributed by atoms with Gasteiger partial charge in [0.05, 0.1) is 17.8 Å². The molecule has 0 fully saturated rings. The number of nitrogens with one attached hydrogen (secondary N) is 3. The van der Waals surface area contributed by atoms with Crippen molar-refractivity contribution in [3.8, 4) is 5.75 Å². The second-order valence-electron chi connectivity index (χ2n) is 6.91. The van der Waals surface area contributed by atoms with Crippen molar-refractivity contribution in [1.29, 1.82) is 0 Å². The molecule has 30 heavy (non-hydrogen) atoms. The Kier molecular flexibility index (Phi) is 6.12. The highest BCUT2D eigenvalue weighted by atomic mass is 35.5. The first-order chi connectivity index (χ1) is 14.0. The van der Waals surface area contributed by atoms with Crippen LogP contribution in [0.5, 0.6) is 5.75 Å². The number of carbonyl (C=O) groups is 2. The normalized spacial score (nSPS) is 16.7. The van der Waals surface area contributed by atoms with E-state index in [0.29, 0.717) is 11.4 Å². The van der Waals surface area contributed by atoms with Crippen LogP contribution in [0, 0.1) is 13.8 Å². The molecule has 2 aromatic carbocycles. The molecule has 0 unspecified atom stereocenters. The number of ether oxygens (including phenoxy) is 1. The molecule has 0 radical (unpaired) electrons. The van der Waals surface area contributed by atoms with Crippen LogP contribution in [0.3, 0.4) is 0 Å². The number of alkyl halides is 4. The van der Waals surface area contributed by atoms with Crippen molar-refractivity contribution < 1.29 is 27.5 Å². The van der Waals surface area contributed by atoms with E-state index in [1.165, 1.54) is 12.1 Å². The highest BCUT2D eigenvalue weighted by Gasteiger charge is 2.42. The van der Waals surface area contributed by atoms with Gasteiger partial charge in [0.25, 0.3) is 5.63 Å². The number of carbonyl (C=O) groups excluding carboxylic acids is 2. The SMILES string of the molecule is Cc1cc2c(cc1C)N[C@@H](CC(=O)Nc1ccc(OC(F)(F)[C@H](F)Cl)cc1)C(=O)N2. The molecule has 3 rings (SSSR count). The number of benzene rings is 2. The third-order valence-corrected chi connectivity index (χ3v) is 4.83. The monoisotopic (exact) mass is 441 g/mol. The Balaban J connectivity index is 1.60. The van der Waals surface area contributed by atoms with Crippen molar-refractivity contribution in [2.45, 2.75) is 38.0 Å². The van der Waals surface area contributed by atoms with E-state index in [4.69, 9.17) is 11.6 Å². The molecule has 2 amide bonds. The lowest BCUT2D eigenvalue weighted by atomic mass is 10.0. The van der Waals surface area contributed by atoms with Gasteiger partial charge in [0.2, 0.25) is 11.8 Å². The number of anilines is 3. The fraction of sp³-hybridized carbons (Fsp3) is 0.300. The zero-order valence-corrected chi connectivity index (χ0v) is 16.8. The summed E-state index contributed by atoms with van der Waals surface area (Å²) in [4.78, 5) is 24.6.